The number of carbonyl (C=O) groups is 2. The van der Waals surface area contributed by atoms with E-state index in [2.05, 4.69) is 0 Å². The van der Waals surface area contributed by atoms with Crippen molar-refractivity contribution in [2.24, 2.45) is 5.92 Å². The number of piperidine rings is 1. The molecular weight excluding hydrogens is 429 g/mol. The largest absolute Gasteiger partial charge is 0.324 e. The summed E-state index contributed by atoms with van der Waals surface area (Å²) in [6.45, 7) is 3.22. The fourth-order valence-electron chi connectivity index (χ4n) is 4.36. The van der Waals surface area contributed by atoms with E-state index in [1.54, 1.807) is 33.9 Å². The van der Waals surface area contributed by atoms with Gasteiger partial charge in [0.05, 0.1) is 0 Å². The molecule has 3 aromatic carbocycles. The molecule has 1 aliphatic rings. The topological polar surface area (TPSA) is 43.9 Å². The van der Waals surface area contributed by atoms with Gasteiger partial charge in [0.2, 0.25) is 5.91 Å². The van der Waals surface area contributed by atoms with Crippen LogP contribution < -0.4 is 9.80 Å². The van der Waals surface area contributed by atoms with Crippen LogP contribution in [0.4, 0.5) is 26.2 Å². The monoisotopic (exact) mass is 459 g/mol. The number of carbonyl (C=O) groups excluding carboxylic acids is 2. The molecule has 0 aliphatic carbocycles. The lowest BCUT2D eigenvalue weighted by atomic mass is 9.93. The molecule has 3 amide bonds. The van der Waals surface area contributed by atoms with Crippen molar-refractivity contribution in [2.75, 3.05) is 29.9 Å². The molecule has 1 aliphatic heterocycles. The van der Waals surface area contributed by atoms with E-state index in [4.69, 9.17) is 0 Å². The van der Waals surface area contributed by atoms with Crippen molar-refractivity contribution in [1.29, 1.82) is 0 Å². The summed E-state index contributed by atoms with van der Waals surface area (Å²) in [5, 5.41) is 0. The van der Waals surface area contributed by atoms with E-state index in [9.17, 15) is 14.0 Å². The van der Waals surface area contributed by atoms with Crippen LogP contribution in [0.3, 0.4) is 0 Å². The Morgan fingerprint density at radius 3 is 2.03 bits per heavy atom. The minimum atomic E-state index is -0.328. The van der Waals surface area contributed by atoms with Crippen molar-refractivity contribution < 1.29 is 14.0 Å². The number of aryl methyl sites for hydroxylation is 1. The first-order chi connectivity index (χ1) is 16.4. The number of benzene rings is 3. The number of rotatable bonds is 5. The summed E-state index contributed by atoms with van der Waals surface area (Å²) in [6, 6.07) is 23.5. The highest BCUT2D eigenvalue weighted by Gasteiger charge is 2.28. The van der Waals surface area contributed by atoms with Gasteiger partial charge in [-0.1, -0.05) is 35.9 Å². The van der Waals surface area contributed by atoms with Gasteiger partial charge in [0.1, 0.15) is 5.82 Å². The van der Waals surface area contributed by atoms with E-state index in [1.807, 2.05) is 61.5 Å². The van der Waals surface area contributed by atoms with Gasteiger partial charge >= 0.3 is 6.03 Å². The summed E-state index contributed by atoms with van der Waals surface area (Å²) in [7, 11) is 1.70. The second-order valence-electron chi connectivity index (χ2n) is 8.85. The Morgan fingerprint density at radius 2 is 1.41 bits per heavy atom. The molecule has 0 saturated carbocycles. The van der Waals surface area contributed by atoms with Crippen molar-refractivity contribution in [3.05, 3.63) is 90.2 Å². The Labute approximate surface area is 200 Å². The van der Waals surface area contributed by atoms with Crippen LogP contribution in [-0.2, 0) is 4.79 Å². The minimum Gasteiger partial charge on any atom is -0.324 e. The maximum absolute atomic E-state index is 13.4. The Morgan fingerprint density at radius 1 is 0.853 bits per heavy atom. The summed E-state index contributed by atoms with van der Waals surface area (Å²) >= 11 is 0. The molecule has 4 rings (SSSR count). The first-order valence-electron chi connectivity index (χ1n) is 11.7. The zero-order chi connectivity index (χ0) is 24.1. The molecule has 176 valence electrons. The lowest BCUT2D eigenvalue weighted by molar-refractivity contribution is -0.119. The highest BCUT2D eigenvalue weighted by Crippen LogP contribution is 2.30. The van der Waals surface area contributed by atoms with Crippen molar-refractivity contribution in [2.45, 2.75) is 26.2 Å². The van der Waals surface area contributed by atoms with Crippen LogP contribution in [0.25, 0.3) is 0 Å². The third-order valence-electron chi connectivity index (χ3n) is 6.41. The molecule has 1 fully saturated rings. The average molecular weight is 460 g/mol. The molecule has 1 saturated heterocycles. The highest BCUT2D eigenvalue weighted by atomic mass is 19.1. The molecule has 3 aromatic rings. The number of urea groups is 1. The predicted octanol–water partition coefficient (Wildman–Crippen LogP) is 6.16. The number of nitrogens with zero attached hydrogens (tertiary/aromatic N) is 3. The average Bonchev–Trinajstić information content (AvgIpc) is 2.86. The van der Waals surface area contributed by atoms with Gasteiger partial charge in [-0.2, -0.15) is 0 Å². The van der Waals surface area contributed by atoms with Crippen LogP contribution in [-0.4, -0.2) is 37.0 Å². The molecule has 0 aromatic heterocycles. The third kappa shape index (κ3) is 5.45. The van der Waals surface area contributed by atoms with Crippen molar-refractivity contribution in [3.8, 4) is 0 Å². The van der Waals surface area contributed by atoms with Crippen LogP contribution in [0.15, 0.2) is 78.9 Å². The van der Waals surface area contributed by atoms with Crippen LogP contribution in [0.5, 0.6) is 0 Å². The molecule has 0 radical (unpaired) electrons. The summed E-state index contributed by atoms with van der Waals surface area (Å²) in [5.41, 5.74) is 3.51. The third-order valence-corrected chi connectivity index (χ3v) is 6.41. The van der Waals surface area contributed by atoms with Crippen LogP contribution in [0.2, 0.25) is 0 Å². The Kier molecular flexibility index (Phi) is 7.26. The molecule has 0 N–H and O–H groups in total. The van der Waals surface area contributed by atoms with Crippen molar-refractivity contribution in [3.63, 3.8) is 0 Å². The summed E-state index contributed by atoms with van der Waals surface area (Å²) < 4.78 is 13.2. The van der Waals surface area contributed by atoms with E-state index in [0.29, 0.717) is 25.2 Å². The van der Waals surface area contributed by atoms with Gasteiger partial charge < -0.3 is 4.90 Å². The SMILES string of the molecule is Cc1ccc(N(C(=O)CC2CCN(C(=O)N(C)c3ccc(F)cc3)CC2)c2ccccc2)cc1. The normalized spacial score (nSPS) is 14.0. The number of hydrogen-bond donors (Lipinski definition) is 0. The van der Waals surface area contributed by atoms with E-state index in [0.717, 1.165) is 29.8 Å². The molecule has 34 heavy (non-hydrogen) atoms. The Bertz CT molecular complexity index is 1110. The second-order valence-corrected chi connectivity index (χ2v) is 8.85. The highest BCUT2D eigenvalue weighted by molar-refractivity contribution is 6.00. The molecule has 1 heterocycles. The summed E-state index contributed by atoms with van der Waals surface area (Å²) in [6.07, 6.45) is 1.97. The first-order valence-corrected chi connectivity index (χ1v) is 11.7. The molecule has 0 spiro atoms. The Balaban J connectivity index is 1.39. The first kappa shape index (κ1) is 23.5. The number of anilines is 3. The second kappa shape index (κ2) is 10.5. The van der Waals surface area contributed by atoms with Crippen LogP contribution in [0.1, 0.15) is 24.8 Å². The quantitative estimate of drug-likeness (QED) is 0.459. The summed E-state index contributed by atoms with van der Waals surface area (Å²) in [5.74, 6) is -0.0575. The number of likely N-dealkylation sites (tertiary alicyclic amines) is 1. The standard InChI is InChI=1S/C28H30FN3O2/c1-21-8-12-26(13-9-21)32(25-6-4-3-5-7-25)27(33)20-22-16-18-31(19-17-22)28(34)30(2)24-14-10-23(29)11-15-24/h3-15,22H,16-20H2,1-2H3. The van der Waals surface area contributed by atoms with Crippen molar-refractivity contribution >= 4 is 29.0 Å². The lowest BCUT2D eigenvalue weighted by Gasteiger charge is -2.35. The van der Waals surface area contributed by atoms with Crippen LogP contribution >= 0.6 is 0 Å². The van der Waals surface area contributed by atoms with Gasteiger partial charge in [0, 0.05) is 43.6 Å². The number of halogens is 1. The van der Waals surface area contributed by atoms with Gasteiger partial charge in [-0.3, -0.25) is 14.6 Å². The maximum atomic E-state index is 13.4. The minimum absolute atomic E-state index is 0.0586. The van der Waals surface area contributed by atoms with E-state index < -0.39 is 0 Å². The van der Waals surface area contributed by atoms with E-state index in [-0.39, 0.29) is 23.7 Å². The van der Waals surface area contributed by atoms with Gasteiger partial charge in [-0.15, -0.1) is 0 Å². The molecular formula is C28H30FN3O2. The van der Waals surface area contributed by atoms with E-state index >= 15 is 0 Å². The van der Waals surface area contributed by atoms with E-state index in [1.165, 1.54) is 12.1 Å². The van der Waals surface area contributed by atoms with Gasteiger partial charge in [-0.25, -0.2) is 9.18 Å². The lowest BCUT2D eigenvalue weighted by Crippen LogP contribution is -2.45. The van der Waals surface area contributed by atoms with Gasteiger partial charge in [0.15, 0.2) is 0 Å². The summed E-state index contributed by atoms with van der Waals surface area (Å²) in [4.78, 5) is 31.5. The zero-order valence-corrected chi connectivity index (χ0v) is 19.7. The molecule has 0 unspecified atom stereocenters. The smallest absolute Gasteiger partial charge is 0.324 e. The molecule has 5 nitrogen and oxygen atoms in total. The van der Waals surface area contributed by atoms with Gasteiger partial charge in [-0.05, 0) is 74.2 Å². The maximum Gasteiger partial charge on any atom is 0.324 e. The number of hydrogen-bond acceptors (Lipinski definition) is 2. The number of amides is 3. The van der Waals surface area contributed by atoms with Crippen molar-refractivity contribution in [1.82, 2.24) is 4.90 Å². The zero-order valence-electron chi connectivity index (χ0n) is 19.7. The molecule has 6 heteroatoms. The fraction of sp³-hybridized carbons (Fsp3) is 0.286. The predicted molar refractivity (Wildman–Crippen MR) is 134 cm³/mol. The van der Waals surface area contributed by atoms with Crippen LogP contribution in [0, 0.1) is 18.7 Å². The van der Waals surface area contributed by atoms with Gasteiger partial charge in [0.25, 0.3) is 0 Å². The number of para-hydroxylation sites is 1. The molecule has 0 bridgehead atoms. The molecule has 0 atom stereocenters. The fourth-order valence-corrected chi connectivity index (χ4v) is 4.36. The Hall–Kier alpha value is -3.67.